The summed E-state index contributed by atoms with van der Waals surface area (Å²) < 4.78 is 43.7. The van der Waals surface area contributed by atoms with Crippen molar-refractivity contribution in [3.63, 3.8) is 0 Å². The van der Waals surface area contributed by atoms with Gasteiger partial charge in [-0.05, 0) is 24.3 Å². The fourth-order valence-corrected chi connectivity index (χ4v) is 1.20. The lowest BCUT2D eigenvalue weighted by Gasteiger charge is -2.11. The molecule has 0 saturated carbocycles. The molecular weight excluding hydrogens is 232 g/mol. The first-order valence-corrected chi connectivity index (χ1v) is 4.69. The molecule has 0 aliphatic rings. The van der Waals surface area contributed by atoms with Gasteiger partial charge >= 0.3 is 0 Å². The lowest BCUT2D eigenvalue weighted by molar-refractivity contribution is 0.102. The highest BCUT2D eigenvalue weighted by Crippen LogP contribution is 2.12. The fourth-order valence-electron chi connectivity index (χ4n) is 0.874. The third-order valence-corrected chi connectivity index (χ3v) is 2.08. The van der Waals surface area contributed by atoms with E-state index in [1.807, 2.05) is 0 Å². The van der Waals surface area contributed by atoms with Crippen LogP contribution in [0.2, 0.25) is 0 Å². The molecule has 1 aromatic rings. The van der Waals surface area contributed by atoms with E-state index in [0.29, 0.717) is 10.5 Å². The van der Waals surface area contributed by atoms with Crippen LogP contribution < -0.4 is 4.90 Å². The summed E-state index contributed by atoms with van der Waals surface area (Å²) in [5.74, 6) is -0.166. The number of ketones is 1. The Hall–Kier alpha value is -0.830. The molecule has 0 spiro atoms. The third kappa shape index (κ3) is 2.56. The number of alkyl halides is 1. The van der Waals surface area contributed by atoms with Crippen LogP contribution in [0.5, 0.6) is 0 Å². The first-order valence-electron chi connectivity index (χ1n) is 6.57. The number of nitrogens with zero attached hydrogens (tertiary/aromatic N) is 1. The minimum absolute atomic E-state index is 0.0196. The van der Waals surface area contributed by atoms with Gasteiger partial charge in [0, 0.05) is 33.4 Å². The van der Waals surface area contributed by atoms with Crippen molar-refractivity contribution in [3.8, 4) is 0 Å². The summed E-state index contributed by atoms with van der Waals surface area (Å²) in [6.07, 6.45) is 0. The minimum Gasteiger partial charge on any atom is -0.378 e. The first kappa shape index (κ1) is 4.60. The molecule has 0 unspecified atom stereocenters. The van der Waals surface area contributed by atoms with Crippen LogP contribution in [0.25, 0.3) is 0 Å². The van der Waals surface area contributed by atoms with E-state index in [2.05, 4.69) is 15.9 Å². The Morgan fingerprint density at radius 1 is 1.46 bits per heavy atom. The van der Waals surface area contributed by atoms with Crippen LogP contribution in [0.1, 0.15) is 18.6 Å². The maximum absolute atomic E-state index is 11.4. The van der Waals surface area contributed by atoms with Crippen LogP contribution in [0.4, 0.5) is 5.69 Å². The maximum Gasteiger partial charge on any atom is 0.173 e. The molecule has 1 aromatic carbocycles. The quantitative estimate of drug-likeness (QED) is 0.466. The predicted octanol–water partition coefficient (Wildman–Crippen LogP) is 2.33. The average molecular weight is 250 g/mol. The number of hydrogen-bond acceptors (Lipinski definition) is 2. The standard InChI is InChI=1S/C10H12BrNO/c1-12(2)9-5-3-8(4-6-9)10(13)7-11/h3-6H,7H2,1-2H3/i1+1D3,2+1D3. The summed E-state index contributed by atoms with van der Waals surface area (Å²) in [6.45, 7) is -5.57. The average Bonchev–Trinajstić information content (AvgIpc) is 2.25. The Morgan fingerprint density at radius 2 is 2.08 bits per heavy atom. The Labute approximate surface area is 95.1 Å². The number of anilines is 1. The van der Waals surface area contributed by atoms with Crippen LogP contribution in [0, 0.1) is 0 Å². The van der Waals surface area contributed by atoms with Gasteiger partial charge in [-0.25, -0.2) is 0 Å². The largest absolute Gasteiger partial charge is 0.378 e. The number of carbonyl (C=O) groups is 1. The van der Waals surface area contributed by atoms with Crippen molar-refractivity contribution in [2.24, 2.45) is 0 Å². The molecular formula is C10H12BrNO. The van der Waals surface area contributed by atoms with Crippen molar-refractivity contribution in [1.82, 2.24) is 0 Å². The van der Waals surface area contributed by atoms with E-state index in [1.165, 1.54) is 24.3 Å². The van der Waals surface area contributed by atoms with Crippen molar-refractivity contribution in [3.05, 3.63) is 29.8 Å². The number of carbonyl (C=O) groups excluding carboxylic acids is 1. The highest BCUT2D eigenvalue weighted by molar-refractivity contribution is 9.09. The zero-order valence-corrected chi connectivity index (χ0v) is 8.34. The summed E-state index contributed by atoms with van der Waals surface area (Å²) in [5.41, 5.74) is 0.405. The molecule has 0 heterocycles. The molecule has 1 rings (SSSR count). The van der Waals surface area contributed by atoms with E-state index >= 15 is 0 Å². The Bertz CT molecular complexity index is 439. The number of hydrogen-bond donors (Lipinski definition) is 0. The van der Waals surface area contributed by atoms with Crippen molar-refractivity contribution in [2.45, 2.75) is 0 Å². The molecule has 0 saturated heterocycles. The molecule has 2 nitrogen and oxygen atoms in total. The fraction of sp³-hybridized carbons (Fsp3) is 0.300. The van der Waals surface area contributed by atoms with Crippen LogP contribution in [0.3, 0.4) is 0 Å². The van der Waals surface area contributed by atoms with Gasteiger partial charge in [-0.1, -0.05) is 15.9 Å². The topological polar surface area (TPSA) is 20.3 Å². The van der Waals surface area contributed by atoms with Gasteiger partial charge in [0.15, 0.2) is 5.78 Å². The van der Waals surface area contributed by atoms with E-state index in [-0.39, 0.29) is 16.8 Å². The van der Waals surface area contributed by atoms with Gasteiger partial charge in [-0.3, -0.25) is 4.79 Å². The lowest BCUT2D eigenvalue weighted by atomic mass is 10.1. The number of Topliss-reactive ketones (excluding diaryl/α,β-unsaturated/α-hetero) is 1. The zero-order chi connectivity index (χ0) is 14.8. The Morgan fingerprint density at radius 3 is 2.54 bits per heavy atom. The van der Waals surface area contributed by atoms with Gasteiger partial charge in [0.1, 0.15) is 0 Å². The lowest BCUT2D eigenvalue weighted by Crippen LogP contribution is -2.09. The smallest absolute Gasteiger partial charge is 0.173 e. The molecule has 70 valence electrons. The predicted molar refractivity (Wildman–Crippen MR) is 58.9 cm³/mol. The van der Waals surface area contributed by atoms with E-state index < -0.39 is 14.0 Å². The molecule has 0 aliphatic carbocycles. The SMILES string of the molecule is [2H][13C]([2H])([2H])N(c1ccc(C(=O)CBr)cc1)[13C]([2H])([2H])[2H]. The van der Waals surface area contributed by atoms with Crippen molar-refractivity contribution in [1.29, 1.82) is 0 Å². The van der Waals surface area contributed by atoms with Crippen LogP contribution in [-0.4, -0.2) is 25.1 Å². The van der Waals surface area contributed by atoms with Gasteiger partial charge < -0.3 is 4.90 Å². The zero-order valence-electron chi connectivity index (χ0n) is 12.7. The minimum atomic E-state index is -2.79. The molecule has 0 aliphatic heterocycles. The summed E-state index contributed by atoms with van der Waals surface area (Å²) in [4.78, 5) is 11.8. The van der Waals surface area contributed by atoms with Gasteiger partial charge in [0.2, 0.25) is 0 Å². The summed E-state index contributed by atoms with van der Waals surface area (Å²) in [6, 6.07) is 5.44. The summed E-state index contributed by atoms with van der Waals surface area (Å²) in [5, 5.41) is 0.147. The van der Waals surface area contributed by atoms with E-state index in [4.69, 9.17) is 8.22 Å². The van der Waals surface area contributed by atoms with Crippen LogP contribution >= 0.6 is 15.9 Å². The van der Waals surface area contributed by atoms with Crippen molar-refractivity contribution >= 4 is 27.4 Å². The number of halogens is 1. The summed E-state index contributed by atoms with van der Waals surface area (Å²) in [7, 11) is 0. The molecule has 0 N–H and O–H groups in total. The molecule has 0 fully saturated rings. The van der Waals surface area contributed by atoms with E-state index in [1.54, 1.807) is 0 Å². The van der Waals surface area contributed by atoms with Gasteiger partial charge in [-0.15, -0.1) is 0 Å². The second-order valence-corrected chi connectivity index (χ2v) is 3.00. The molecule has 0 atom stereocenters. The molecule has 0 radical (unpaired) electrons. The van der Waals surface area contributed by atoms with E-state index in [0.717, 1.165) is 0 Å². The molecule has 0 aromatic heterocycles. The summed E-state index contributed by atoms with van der Waals surface area (Å²) >= 11 is 3.02. The van der Waals surface area contributed by atoms with Crippen LogP contribution in [0.15, 0.2) is 24.3 Å². The normalized spacial score (nSPS) is 18.5. The second-order valence-electron chi connectivity index (χ2n) is 2.44. The van der Waals surface area contributed by atoms with Crippen molar-refractivity contribution in [2.75, 3.05) is 24.2 Å². The third-order valence-electron chi connectivity index (χ3n) is 1.57. The Kier molecular flexibility index (Phi) is 1.56. The Balaban J connectivity index is 3.16. The van der Waals surface area contributed by atoms with Gasteiger partial charge in [0.05, 0.1) is 5.33 Å². The second kappa shape index (κ2) is 4.42. The first-order chi connectivity index (χ1) is 8.57. The van der Waals surface area contributed by atoms with Crippen LogP contribution in [-0.2, 0) is 0 Å². The molecule has 13 heavy (non-hydrogen) atoms. The van der Waals surface area contributed by atoms with Gasteiger partial charge in [0.25, 0.3) is 0 Å². The number of rotatable bonds is 3. The monoisotopic (exact) mass is 249 g/mol. The molecule has 3 heteroatoms. The highest BCUT2D eigenvalue weighted by atomic mass is 79.9. The number of benzene rings is 1. The molecule has 0 bridgehead atoms. The highest BCUT2D eigenvalue weighted by Gasteiger charge is 2.03. The van der Waals surface area contributed by atoms with E-state index in [9.17, 15) is 4.79 Å². The molecule has 0 amide bonds. The van der Waals surface area contributed by atoms with Crippen molar-refractivity contribution < 1.29 is 13.0 Å². The van der Waals surface area contributed by atoms with Gasteiger partial charge in [-0.2, -0.15) is 0 Å². The maximum atomic E-state index is 11.4.